The van der Waals surface area contributed by atoms with Gasteiger partial charge in [-0.2, -0.15) is 0 Å². The van der Waals surface area contributed by atoms with Crippen LogP contribution in [-0.4, -0.2) is 42.5 Å². The highest BCUT2D eigenvalue weighted by Crippen LogP contribution is 2.26. The SMILES string of the molecule is CCNC(=O)[C@H](CC)N(CCc1ccccc1)C(=O)COc1cc(C)c(Cl)c(C)c1. The normalized spacial score (nSPS) is 11.6. The summed E-state index contributed by atoms with van der Waals surface area (Å²) in [6.07, 6.45) is 1.20. The molecule has 0 unspecified atom stereocenters. The summed E-state index contributed by atoms with van der Waals surface area (Å²) in [5.41, 5.74) is 2.91. The molecule has 1 N–H and O–H groups in total. The number of amides is 2. The maximum atomic E-state index is 13.1. The van der Waals surface area contributed by atoms with E-state index in [9.17, 15) is 9.59 Å². The summed E-state index contributed by atoms with van der Waals surface area (Å²) in [6, 6.07) is 13.0. The van der Waals surface area contributed by atoms with Crippen LogP contribution in [0.15, 0.2) is 42.5 Å². The van der Waals surface area contributed by atoms with E-state index >= 15 is 0 Å². The molecule has 2 aromatic rings. The number of benzene rings is 2. The van der Waals surface area contributed by atoms with Crippen LogP contribution in [0.5, 0.6) is 5.75 Å². The Bertz CT molecular complexity index is 832. The minimum absolute atomic E-state index is 0.134. The number of ether oxygens (including phenoxy) is 1. The molecule has 2 aromatic carbocycles. The standard InChI is InChI=1S/C24H31ClN2O3/c1-5-21(24(29)26-6-2)27(13-12-19-10-8-7-9-11-19)22(28)16-30-20-14-17(3)23(25)18(4)15-20/h7-11,14-15,21H,5-6,12-13,16H2,1-4H3,(H,26,29)/t21-/m0/s1. The molecule has 0 aromatic heterocycles. The number of carbonyl (C=O) groups excluding carboxylic acids is 2. The Balaban J connectivity index is 2.14. The fourth-order valence-corrected chi connectivity index (χ4v) is 3.51. The second-order valence-corrected chi connectivity index (χ2v) is 7.68. The van der Waals surface area contributed by atoms with Crippen LogP contribution in [0, 0.1) is 13.8 Å². The highest BCUT2D eigenvalue weighted by atomic mass is 35.5. The zero-order valence-corrected chi connectivity index (χ0v) is 19.0. The molecule has 0 aliphatic carbocycles. The number of likely N-dealkylation sites (N-methyl/N-ethyl adjacent to an activating group) is 1. The molecule has 6 heteroatoms. The van der Waals surface area contributed by atoms with Gasteiger partial charge in [-0.3, -0.25) is 9.59 Å². The largest absolute Gasteiger partial charge is 0.484 e. The lowest BCUT2D eigenvalue weighted by Gasteiger charge is -2.30. The zero-order chi connectivity index (χ0) is 22.1. The molecular weight excluding hydrogens is 400 g/mol. The summed E-state index contributed by atoms with van der Waals surface area (Å²) < 4.78 is 5.77. The first kappa shape index (κ1) is 23.7. The minimum atomic E-state index is -0.529. The molecule has 0 aliphatic heterocycles. The Kier molecular flexibility index (Phi) is 9.18. The van der Waals surface area contributed by atoms with Crippen molar-refractivity contribution < 1.29 is 14.3 Å². The average molecular weight is 431 g/mol. The van der Waals surface area contributed by atoms with Gasteiger partial charge in [-0.25, -0.2) is 0 Å². The van der Waals surface area contributed by atoms with Crippen LogP contribution >= 0.6 is 11.6 Å². The van der Waals surface area contributed by atoms with Crippen LogP contribution in [0.1, 0.15) is 37.0 Å². The van der Waals surface area contributed by atoms with Crippen molar-refractivity contribution in [3.05, 3.63) is 64.2 Å². The molecule has 0 saturated carbocycles. The van der Waals surface area contributed by atoms with Crippen LogP contribution in [0.4, 0.5) is 0 Å². The fraction of sp³-hybridized carbons (Fsp3) is 0.417. The molecule has 0 aliphatic rings. The van der Waals surface area contributed by atoms with Crippen LogP contribution in [-0.2, 0) is 16.0 Å². The summed E-state index contributed by atoms with van der Waals surface area (Å²) in [6.45, 7) is 8.42. The molecule has 0 bridgehead atoms. The third kappa shape index (κ3) is 6.49. The Morgan fingerprint density at radius 3 is 2.30 bits per heavy atom. The molecule has 0 fully saturated rings. The number of aryl methyl sites for hydroxylation is 2. The fourth-order valence-electron chi connectivity index (χ4n) is 3.41. The third-order valence-electron chi connectivity index (χ3n) is 4.99. The van der Waals surface area contributed by atoms with E-state index in [-0.39, 0.29) is 18.4 Å². The number of hydrogen-bond donors (Lipinski definition) is 1. The van der Waals surface area contributed by atoms with Crippen molar-refractivity contribution in [3.8, 4) is 5.75 Å². The molecule has 162 valence electrons. The Morgan fingerprint density at radius 1 is 1.10 bits per heavy atom. The van der Waals surface area contributed by atoms with Gasteiger partial charge in [0.2, 0.25) is 5.91 Å². The molecule has 5 nitrogen and oxygen atoms in total. The number of carbonyl (C=O) groups is 2. The van der Waals surface area contributed by atoms with Crippen LogP contribution in [0.25, 0.3) is 0 Å². The van der Waals surface area contributed by atoms with E-state index in [0.29, 0.717) is 36.7 Å². The Hall–Kier alpha value is -2.53. The van der Waals surface area contributed by atoms with E-state index in [1.165, 1.54) is 0 Å². The number of nitrogens with zero attached hydrogens (tertiary/aromatic N) is 1. The number of nitrogens with one attached hydrogen (secondary N) is 1. The predicted molar refractivity (Wildman–Crippen MR) is 121 cm³/mol. The second kappa shape index (κ2) is 11.6. The summed E-state index contributed by atoms with van der Waals surface area (Å²) in [4.78, 5) is 27.3. The van der Waals surface area contributed by atoms with E-state index in [0.717, 1.165) is 16.7 Å². The van der Waals surface area contributed by atoms with Crippen LogP contribution in [0.3, 0.4) is 0 Å². The maximum Gasteiger partial charge on any atom is 0.261 e. The van der Waals surface area contributed by atoms with Gasteiger partial charge < -0.3 is 15.0 Å². The number of halogens is 1. The van der Waals surface area contributed by atoms with Crippen molar-refractivity contribution in [1.82, 2.24) is 10.2 Å². The van der Waals surface area contributed by atoms with E-state index < -0.39 is 6.04 Å². The van der Waals surface area contributed by atoms with Gasteiger partial charge in [0.15, 0.2) is 6.61 Å². The summed E-state index contributed by atoms with van der Waals surface area (Å²) in [7, 11) is 0. The van der Waals surface area contributed by atoms with E-state index in [2.05, 4.69) is 5.32 Å². The van der Waals surface area contributed by atoms with E-state index in [1.807, 2.05) is 70.2 Å². The first-order valence-electron chi connectivity index (χ1n) is 10.4. The van der Waals surface area contributed by atoms with Gasteiger partial charge in [-0.1, -0.05) is 48.9 Å². The lowest BCUT2D eigenvalue weighted by molar-refractivity contribution is -0.142. The van der Waals surface area contributed by atoms with Crippen molar-refractivity contribution >= 4 is 23.4 Å². The molecule has 0 heterocycles. The maximum absolute atomic E-state index is 13.1. The summed E-state index contributed by atoms with van der Waals surface area (Å²) >= 11 is 6.21. The smallest absolute Gasteiger partial charge is 0.261 e. The van der Waals surface area contributed by atoms with Gasteiger partial charge in [0.1, 0.15) is 11.8 Å². The molecule has 0 saturated heterocycles. The van der Waals surface area contributed by atoms with Crippen molar-refractivity contribution in [1.29, 1.82) is 0 Å². The average Bonchev–Trinajstić information content (AvgIpc) is 2.73. The molecule has 0 radical (unpaired) electrons. The van der Waals surface area contributed by atoms with Gasteiger partial charge >= 0.3 is 0 Å². The zero-order valence-electron chi connectivity index (χ0n) is 18.2. The quantitative estimate of drug-likeness (QED) is 0.610. The molecule has 1 atom stereocenters. The monoisotopic (exact) mass is 430 g/mol. The highest BCUT2D eigenvalue weighted by molar-refractivity contribution is 6.32. The third-order valence-corrected chi connectivity index (χ3v) is 5.59. The molecule has 2 rings (SSSR count). The van der Waals surface area contributed by atoms with Crippen molar-refractivity contribution in [2.24, 2.45) is 0 Å². The lowest BCUT2D eigenvalue weighted by Crippen LogP contribution is -2.51. The summed E-state index contributed by atoms with van der Waals surface area (Å²) in [5.74, 6) is 0.241. The number of hydrogen-bond acceptors (Lipinski definition) is 3. The summed E-state index contributed by atoms with van der Waals surface area (Å²) in [5, 5.41) is 3.53. The minimum Gasteiger partial charge on any atom is -0.484 e. The van der Waals surface area contributed by atoms with Gasteiger partial charge in [0, 0.05) is 18.1 Å². The topological polar surface area (TPSA) is 58.6 Å². The van der Waals surface area contributed by atoms with Gasteiger partial charge in [0.25, 0.3) is 5.91 Å². The van der Waals surface area contributed by atoms with E-state index in [4.69, 9.17) is 16.3 Å². The van der Waals surface area contributed by atoms with Crippen molar-refractivity contribution in [2.75, 3.05) is 19.7 Å². The second-order valence-electron chi connectivity index (χ2n) is 7.30. The predicted octanol–water partition coefficient (Wildman–Crippen LogP) is 4.32. The number of rotatable bonds is 10. The molecule has 30 heavy (non-hydrogen) atoms. The van der Waals surface area contributed by atoms with Gasteiger partial charge in [-0.15, -0.1) is 0 Å². The van der Waals surface area contributed by atoms with Crippen molar-refractivity contribution in [3.63, 3.8) is 0 Å². The molecule has 0 spiro atoms. The molecule has 2 amide bonds. The first-order chi connectivity index (χ1) is 14.4. The van der Waals surface area contributed by atoms with E-state index in [1.54, 1.807) is 4.90 Å². The van der Waals surface area contributed by atoms with Crippen LogP contribution < -0.4 is 10.1 Å². The first-order valence-corrected chi connectivity index (χ1v) is 10.8. The van der Waals surface area contributed by atoms with Gasteiger partial charge in [-0.05, 0) is 62.4 Å². The lowest BCUT2D eigenvalue weighted by atomic mass is 10.1. The molecular formula is C24H31ClN2O3. The highest BCUT2D eigenvalue weighted by Gasteiger charge is 2.28. The van der Waals surface area contributed by atoms with Gasteiger partial charge in [0.05, 0.1) is 0 Å². The Morgan fingerprint density at radius 2 is 1.73 bits per heavy atom. The van der Waals surface area contributed by atoms with Crippen molar-refractivity contribution in [2.45, 2.75) is 46.6 Å². The Labute approximate surface area is 184 Å². The van der Waals surface area contributed by atoms with Crippen LogP contribution in [0.2, 0.25) is 5.02 Å².